The van der Waals surface area contributed by atoms with Crippen molar-refractivity contribution >= 4 is 11.8 Å². The third-order valence-electron chi connectivity index (χ3n) is 0.992. The molecule has 1 aromatic rings. The Hall–Kier alpha value is -1.52. The summed E-state index contributed by atoms with van der Waals surface area (Å²) in [4.78, 5) is 10.0. The van der Waals surface area contributed by atoms with Gasteiger partial charge in [0.1, 0.15) is 17.6 Å². The van der Waals surface area contributed by atoms with Crippen LogP contribution >= 0.6 is 0 Å². The minimum absolute atomic E-state index is 0.382. The second-order valence-corrected chi connectivity index (χ2v) is 1.74. The molecule has 54 valence electrons. The minimum atomic E-state index is -1.12. The summed E-state index contributed by atoms with van der Waals surface area (Å²) < 4.78 is 4.47. The van der Waals surface area contributed by atoms with Crippen LogP contribution in [0.15, 0.2) is 10.8 Å². The van der Waals surface area contributed by atoms with Crippen LogP contribution in [0.1, 0.15) is 5.69 Å². The monoisotopic (exact) mass is 142 g/mol. The molecule has 2 N–H and O–H groups in total. The van der Waals surface area contributed by atoms with E-state index in [9.17, 15) is 4.79 Å². The molecule has 0 unspecified atom stereocenters. The Kier molecular flexibility index (Phi) is 1.57. The number of carboxylic acid groups (broad SMARTS) is 1. The molecule has 0 aromatic carbocycles. The van der Waals surface area contributed by atoms with Gasteiger partial charge >= 0.3 is 6.09 Å². The van der Waals surface area contributed by atoms with E-state index in [0.717, 1.165) is 0 Å². The minimum Gasteiger partial charge on any atom is -0.465 e. The standard InChI is InChI=1S/C5H6N2O3/c1-3-4(2-10-7-3)6-5(8)9/h2,6H,1H3,(H,8,9). The zero-order valence-electron chi connectivity index (χ0n) is 5.29. The summed E-state index contributed by atoms with van der Waals surface area (Å²) in [5.41, 5.74) is 0.912. The number of amides is 1. The molecule has 0 bridgehead atoms. The maximum Gasteiger partial charge on any atom is 0.409 e. The van der Waals surface area contributed by atoms with Gasteiger partial charge in [0, 0.05) is 0 Å². The van der Waals surface area contributed by atoms with E-state index in [1.54, 1.807) is 6.92 Å². The molecule has 1 rings (SSSR count). The maximum absolute atomic E-state index is 10.0. The van der Waals surface area contributed by atoms with Crippen molar-refractivity contribution in [2.45, 2.75) is 6.92 Å². The molecule has 1 heterocycles. The van der Waals surface area contributed by atoms with Crippen molar-refractivity contribution in [3.05, 3.63) is 12.0 Å². The first-order valence-corrected chi connectivity index (χ1v) is 2.61. The highest BCUT2D eigenvalue weighted by molar-refractivity contribution is 5.83. The van der Waals surface area contributed by atoms with E-state index in [0.29, 0.717) is 11.4 Å². The number of carbonyl (C=O) groups is 1. The van der Waals surface area contributed by atoms with Crippen molar-refractivity contribution in [3.63, 3.8) is 0 Å². The lowest BCUT2D eigenvalue weighted by molar-refractivity contribution is 0.209. The molecule has 5 nitrogen and oxygen atoms in total. The van der Waals surface area contributed by atoms with Gasteiger partial charge < -0.3 is 9.63 Å². The SMILES string of the molecule is Cc1nocc1NC(=O)O. The zero-order valence-corrected chi connectivity index (χ0v) is 5.29. The molecule has 0 aliphatic rings. The van der Waals surface area contributed by atoms with Gasteiger partial charge in [-0.3, -0.25) is 5.32 Å². The summed E-state index contributed by atoms with van der Waals surface area (Å²) in [6, 6.07) is 0. The highest BCUT2D eigenvalue weighted by atomic mass is 16.5. The number of aryl methyl sites for hydroxylation is 1. The van der Waals surface area contributed by atoms with Crippen molar-refractivity contribution in [1.82, 2.24) is 5.16 Å². The summed E-state index contributed by atoms with van der Waals surface area (Å²) in [5.74, 6) is 0. The van der Waals surface area contributed by atoms with Crippen molar-refractivity contribution in [3.8, 4) is 0 Å². The Morgan fingerprint density at radius 1 is 1.90 bits per heavy atom. The molecule has 1 amide bonds. The fraction of sp³-hybridized carbons (Fsp3) is 0.200. The maximum atomic E-state index is 10.0. The molecule has 0 aliphatic heterocycles. The van der Waals surface area contributed by atoms with Crippen LogP contribution in [0.25, 0.3) is 0 Å². The lowest BCUT2D eigenvalue weighted by Crippen LogP contribution is -2.07. The predicted molar refractivity (Wildman–Crippen MR) is 32.9 cm³/mol. The van der Waals surface area contributed by atoms with E-state index >= 15 is 0 Å². The average Bonchev–Trinajstić information content (AvgIpc) is 2.15. The van der Waals surface area contributed by atoms with Gasteiger partial charge in [0.2, 0.25) is 0 Å². The van der Waals surface area contributed by atoms with Crippen LogP contribution in [0.5, 0.6) is 0 Å². The Morgan fingerprint density at radius 3 is 3.00 bits per heavy atom. The second kappa shape index (κ2) is 2.38. The normalized spacial score (nSPS) is 9.30. The van der Waals surface area contributed by atoms with Gasteiger partial charge in [-0.15, -0.1) is 0 Å². The largest absolute Gasteiger partial charge is 0.465 e. The molecule has 0 saturated carbocycles. The molecule has 0 radical (unpaired) electrons. The topological polar surface area (TPSA) is 75.4 Å². The fourth-order valence-corrected chi connectivity index (χ4v) is 0.528. The summed E-state index contributed by atoms with van der Waals surface area (Å²) in [5, 5.41) is 13.8. The smallest absolute Gasteiger partial charge is 0.409 e. The summed E-state index contributed by atoms with van der Waals surface area (Å²) in [6.07, 6.45) is 0.120. The predicted octanol–water partition coefficient (Wildman–Crippen LogP) is 1.07. The Labute approximate surface area is 56.6 Å². The highest BCUT2D eigenvalue weighted by Crippen LogP contribution is 2.10. The lowest BCUT2D eigenvalue weighted by Gasteiger charge is -1.92. The summed E-state index contributed by atoms with van der Waals surface area (Å²) in [6.45, 7) is 1.65. The van der Waals surface area contributed by atoms with Crippen LogP contribution in [-0.4, -0.2) is 16.4 Å². The molecule has 0 aliphatic carbocycles. The first kappa shape index (κ1) is 6.60. The van der Waals surface area contributed by atoms with Crippen molar-refractivity contribution in [1.29, 1.82) is 0 Å². The van der Waals surface area contributed by atoms with E-state index in [1.165, 1.54) is 6.26 Å². The van der Waals surface area contributed by atoms with E-state index < -0.39 is 6.09 Å². The molecular formula is C5H6N2O3. The molecule has 0 atom stereocenters. The van der Waals surface area contributed by atoms with E-state index in [4.69, 9.17) is 5.11 Å². The summed E-state index contributed by atoms with van der Waals surface area (Å²) in [7, 11) is 0. The summed E-state index contributed by atoms with van der Waals surface area (Å²) >= 11 is 0. The zero-order chi connectivity index (χ0) is 7.56. The molecule has 10 heavy (non-hydrogen) atoms. The Bertz CT molecular complexity index is 243. The molecule has 1 aromatic heterocycles. The van der Waals surface area contributed by atoms with Crippen molar-refractivity contribution in [2.24, 2.45) is 0 Å². The van der Waals surface area contributed by atoms with Gasteiger partial charge in [0.25, 0.3) is 0 Å². The van der Waals surface area contributed by atoms with Crippen LogP contribution < -0.4 is 5.32 Å². The van der Waals surface area contributed by atoms with Gasteiger partial charge in [-0.2, -0.15) is 0 Å². The number of hydrogen-bond acceptors (Lipinski definition) is 3. The lowest BCUT2D eigenvalue weighted by atomic mass is 10.4. The number of rotatable bonds is 1. The third-order valence-corrected chi connectivity index (χ3v) is 0.992. The first-order chi connectivity index (χ1) is 4.70. The quantitative estimate of drug-likeness (QED) is 0.615. The fourth-order valence-electron chi connectivity index (χ4n) is 0.528. The third kappa shape index (κ3) is 1.25. The van der Waals surface area contributed by atoms with Crippen LogP contribution in [0.3, 0.4) is 0 Å². The van der Waals surface area contributed by atoms with Crippen LogP contribution in [0.4, 0.5) is 10.5 Å². The van der Waals surface area contributed by atoms with Gasteiger partial charge in [-0.1, -0.05) is 5.16 Å². The van der Waals surface area contributed by atoms with Crippen molar-refractivity contribution in [2.75, 3.05) is 5.32 Å². The van der Waals surface area contributed by atoms with Crippen molar-refractivity contribution < 1.29 is 14.4 Å². The van der Waals surface area contributed by atoms with E-state index in [2.05, 4.69) is 15.0 Å². The molecular weight excluding hydrogens is 136 g/mol. The highest BCUT2D eigenvalue weighted by Gasteiger charge is 2.03. The molecule has 0 saturated heterocycles. The molecule has 0 fully saturated rings. The molecule has 0 spiro atoms. The second-order valence-electron chi connectivity index (χ2n) is 1.74. The Balaban J connectivity index is 2.74. The number of anilines is 1. The van der Waals surface area contributed by atoms with Gasteiger partial charge in [0.05, 0.1) is 0 Å². The number of hydrogen-bond donors (Lipinski definition) is 2. The van der Waals surface area contributed by atoms with Crippen LogP contribution in [0, 0.1) is 6.92 Å². The van der Waals surface area contributed by atoms with Crippen LogP contribution in [0.2, 0.25) is 0 Å². The van der Waals surface area contributed by atoms with E-state index in [-0.39, 0.29) is 0 Å². The van der Waals surface area contributed by atoms with Gasteiger partial charge in [-0.05, 0) is 6.92 Å². The number of aromatic nitrogens is 1. The van der Waals surface area contributed by atoms with Crippen LogP contribution in [-0.2, 0) is 0 Å². The van der Waals surface area contributed by atoms with Gasteiger partial charge in [0.15, 0.2) is 0 Å². The number of nitrogens with one attached hydrogen (secondary N) is 1. The van der Waals surface area contributed by atoms with Gasteiger partial charge in [-0.25, -0.2) is 4.79 Å². The molecule has 5 heteroatoms. The average molecular weight is 142 g/mol. The van der Waals surface area contributed by atoms with E-state index in [1.807, 2.05) is 0 Å². The first-order valence-electron chi connectivity index (χ1n) is 2.61. The number of nitrogens with zero attached hydrogens (tertiary/aromatic N) is 1. The Morgan fingerprint density at radius 2 is 2.60 bits per heavy atom.